The lowest BCUT2D eigenvalue weighted by atomic mass is 10.1. The smallest absolute Gasteiger partial charge is 0.231 e. The summed E-state index contributed by atoms with van der Waals surface area (Å²) in [7, 11) is 0. The predicted molar refractivity (Wildman–Crippen MR) is 96.5 cm³/mol. The molecule has 2 aromatic carbocycles. The molecule has 1 N–H and O–H groups in total. The number of allylic oxidation sites excluding steroid dienone is 1. The van der Waals surface area contributed by atoms with Crippen molar-refractivity contribution in [2.24, 2.45) is 0 Å². The van der Waals surface area contributed by atoms with Crippen LogP contribution in [-0.2, 0) is 0 Å². The van der Waals surface area contributed by atoms with Crippen LogP contribution < -0.4 is 19.5 Å². The summed E-state index contributed by atoms with van der Waals surface area (Å²) in [6, 6.07) is 12.7. The Labute approximate surface area is 147 Å². The standard InChI is InChI=1S/C20H21NO4/c1-2-3-12-23-17-7-4-15(5-8-17)18(22)10-11-21-16-6-9-19-20(13-16)25-14-24-19/h4-11,13,21H,2-3,12,14H2,1H3. The van der Waals surface area contributed by atoms with Crippen molar-refractivity contribution in [3.8, 4) is 17.2 Å². The van der Waals surface area contributed by atoms with E-state index in [-0.39, 0.29) is 12.6 Å². The normalized spacial score (nSPS) is 12.4. The second kappa shape index (κ2) is 8.24. The van der Waals surface area contributed by atoms with Gasteiger partial charge in [-0.15, -0.1) is 0 Å². The molecule has 0 amide bonds. The summed E-state index contributed by atoms with van der Waals surface area (Å²) >= 11 is 0. The minimum Gasteiger partial charge on any atom is -0.494 e. The number of carbonyl (C=O) groups is 1. The predicted octanol–water partition coefficient (Wildman–Crippen LogP) is 4.40. The molecule has 130 valence electrons. The molecule has 25 heavy (non-hydrogen) atoms. The average molecular weight is 339 g/mol. The van der Waals surface area contributed by atoms with Gasteiger partial charge in [-0.05, 0) is 42.8 Å². The molecule has 0 fully saturated rings. The molecule has 5 heteroatoms. The van der Waals surface area contributed by atoms with E-state index in [4.69, 9.17) is 14.2 Å². The fourth-order valence-electron chi connectivity index (χ4n) is 2.35. The van der Waals surface area contributed by atoms with Gasteiger partial charge in [-0.2, -0.15) is 0 Å². The average Bonchev–Trinajstić information content (AvgIpc) is 3.10. The lowest BCUT2D eigenvalue weighted by Crippen LogP contribution is -1.99. The van der Waals surface area contributed by atoms with Crippen LogP contribution in [0.15, 0.2) is 54.7 Å². The van der Waals surface area contributed by atoms with Gasteiger partial charge in [0.1, 0.15) is 5.75 Å². The quantitative estimate of drug-likeness (QED) is 0.439. The molecule has 0 aliphatic carbocycles. The number of ketones is 1. The van der Waals surface area contributed by atoms with Crippen LogP contribution in [-0.4, -0.2) is 19.2 Å². The molecule has 3 rings (SSSR count). The van der Waals surface area contributed by atoms with Gasteiger partial charge >= 0.3 is 0 Å². The van der Waals surface area contributed by atoms with E-state index in [1.54, 1.807) is 18.3 Å². The second-order valence-corrected chi connectivity index (χ2v) is 5.64. The Morgan fingerprint density at radius 2 is 1.96 bits per heavy atom. The van der Waals surface area contributed by atoms with E-state index in [0.29, 0.717) is 17.9 Å². The number of benzene rings is 2. The van der Waals surface area contributed by atoms with Crippen LogP contribution in [0, 0.1) is 0 Å². The molecule has 0 unspecified atom stereocenters. The Morgan fingerprint density at radius 3 is 2.76 bits per heavy atom. The maximum Gasteiger partial charge on any atom is 0.231 e. The summed E-state index contributed by atoms with van der Waals surface area (Å²) in [5.74, 6) is 2.14. The number of fused-ring (bicyclic) bond motifs is 1. The topological polar surface area (TPSA) is 56.8 Å². The lowest BCUT2D eigenvalue weighted by molar-refractivity contribution is 0.104. The van der Waals surface area contributed by atoms with Crippen LogP contribution >= 0.6 is 0 Å². The molecule has 0 aromatic heterocycles. The number of hydrogen-bond donors (Lipinski definition) is 1. The molecule has 0 bridgehead atoms. The summed E-state index contributed by atoms with van der Waals surface area (Å²) in [6.45, 7) is 3.06. The van der Waals surface area contributed by atoms with Gasteiger partial charge in [0.15, 0.2) is 17.3 Å². The van der Waals surface area contributed by atoms with Crippen LogP contribution in [0.1, 0.15) is 30.1 Å². The Balaban J connectivity index is 1.53. The van der Waals surface area contributed by atoms with E-state index in [1.807, 2.05) is 30.3 Å². The molecular formula is C20H21NO4. The third kappa shape index (κ3) is 4.53. The first kappa shape index (κ1) is 16.9. The van der Waals surface area contributed by atoms with Gasteiger partial charge in [0.05, 0.1) is 6.61 Å². The number of unbranched alkanes of at least 4 members (excludes halogenated alkanes) is 1. The SMILES string of the molecule is CCCCOc1ccc(C(=O)C=CNc2ccc3c(c2)OCO3)cc1. The number of ether oxygens (including phenoxy) is 3. The van der Waals surface area contributed by atoms with Crippen molar-refractivity contribution in [3.05, 3.63) is 60.3 Å². The monoisotopic (exact) mass is 339 g/mol. The molecule has 1 aliphatic rings. The molecule has 0 radical (unpaired) electrons. The van der Waals surface area contributed by atoms with E-state index in [2.05, 4.69) is 12.2 Å². The van der Waals surface area contributed by atoms with Gasteiger partial charge in [0.2, 0.25) is 6.79 Å². The molecule has 0 saturated heterocycles. The number of hydrogen-bond acceptors (Lipinski definition) is 5. The van der Waals surface area contributed by atoms with Gasteiger partial charge in [0, 0.05) is 29.6 Å². The van der Waals surface area contributed by atoms with Gasteiger partial charge < -0.3 is 19.5 Å². The van der Waals surface area contributed by atoms with E-state index in [9.17, 15) is 4.79 Å². The molecule has 1 aliphatic heterocycles. The maximum absolute atomic E-state index is 12.2. The van der Waals surface area contributed by atoms with Gasteiger partial charge in [-0.1, -0.05) is 13.3 Å². The second-order valence-electron chi connectivity index (χ2n) is 5.64. The Morgan fingerprint density at radius 1 is 1.16 bits per heavy atom. The van der Waals surface area contributed by atoms with Crippen molar-refractivity contribution >= 4 is 11.5 Å². The lowest BCUT2D eigenvalue weighted by Gasteiger charge is -2.05. The van der Waals surface area contributed by atoms with Crippen molar-refractivity contribution in [3.63, 3.8) is 0 Å². The zero-order valence-corrected chi connectivity index (χ0v) is 14.2. The number of nitrogens with one attached hydrogen (secondary N) is 1. The van der Waals surface area contributed by atoms with Crippen molar-refractivity contribution in [2.75, 3.05) is 18.7 Å². The van der Waals surface area contributed by atoms with E-state index in [1.165, 1.54) is 6.08 Å². The molecule has 5 nitrogen and oxygen atoms in total. The van der Waals surface area contributed by atoms with Crippen LogP contribution in [0.4, 0.5) is 5.69 Å². The summed E-state index contributed by atoms with van der Waals surface area (Å²) in [4.78, 5) is 12.2. The highest BCUT2D eigenvalue weighted by Crippen LogP contribution is 2.34. The highest BCUT2D eigenvalue weighted by molar-refractivity contribution is 6.04. The summed E-state index contributed by atoms with van der Waals surface area (Å²) < 4.78 is 16.2. The van der Waals surface area contributed by atoms with Crippen LogP contribution in [0.2, 0.25) is 0 Å². The highest BCUT2D eigenvalue weighted by atomic mass is 16.7. The molecular weight excluding hydrogens is 318 g/mol. The maximum atomic E-state index is 12.2. The third-order valence-electron chi connectivity index (χ3n) is 3.76. The summed E-state index contributed by atoms with van der Waals surface area (Å²) in [6.07, 6.45) is 5.23. The van der Waals surface area contributed by atoms with Crippen LogP contribution in [0.5, 0.6) is 17.2 Å². The van der Waals surface area contributed by atoms with Gasteiger partial charge in [0.25, 0.3) is 0 Å². The highest BCUT2D eigenvalue weighted by Gasteiger charge is 2.12. The van der Waals surface area contributed by atoms with Gasteiger partial charge in [-0.25, -0.2) is 0 Å². The van der Waals surface area contributed by atoms with Crippen LogP contribution in [0.25, 0.3) is 0 Å². The molecule has 0 spiro atoms. The van der Waals surface area contributed by atoms with Crippen LogP contribution in [0.3, 0.4) is 0 Å². The van der Waals surface area contributed by atoms with Crippen molar-refractivity contribution in [2.45, 2.75) is 19.8 Å². The Kier molecular flexibility index (Phi) is 5.57. The molecule has 0 saturated carbocycles. The number of anilines is 1. The number of rotatable bonds is 8. The first-order valence-electron chi connectivity index (χ1n) is 8.36. The van der Waals surface area contributed by atoms with Crippen molar-refractivity contribution < 1.29 is 19.0 Å². The number of carbonyl (C=O) groups excluding carboxylic acids is 1. The zero-order chi connectivity index (χ0) is 17.5. The first-order chi connectivity index (χ1) is 12.3. The first-order valence-corrected chi connectivity index (χ1v) is 8.36. The van der Waals surface area contributed by atoms with E-state index < -0.39 is 0 Å². The molecule has 1 heterocycles. The third-order valence-corrected chi connectivity index (χ3v) is 3.76. The van der Waals surface area contributed by atoms with Crippen molar-refractivity contribution in [1.82, 2.24) is 0 Å². The largest absolute Gasteiger partial charge is 0.494 e. The zero-order valence-electron chi connectivity index (χ0n) is 14.2. The molecule has 0 atom stereocenters. The van der Waals surface area contributed by atoms with Gasteiger partial charge in [-0.3, -0.25) is 4.79 Å². The Bertz CT molecular complexity index is 753. The Hall–Kier alpha value is -2.95. The molecule has 2 aromatic rings. The minimum atomic E-state index is -0.0756. The fourth-order valence-corrected chi connectivity index (χ4v) is 2.35. The minimum absolute atomic E-state index is 0.0756. The summed E-state index contributed by atoms with van der Waals surface area (Å²) in [5, 5.41) is 3.06. The van der Waals surface area contributed by atoms with E-state index >= 15 is 0 Å². The van der Waals surface area contributed by atoms with E-state index in [0.717, 1.165) is 30.0 Å². The van der Waals surface area contributed by atoms with Crippen molar-refractivity contribution in [1.29, 1.82) is 0 Å². The summed E-state index contributed by atoms with van der Waals surface area (Å²) in [5.41, 5.74) is 1.44. The fraction of sp³-hybridized carbons (Fsp3) is 0.250.